The molecule has 0 unspecified atom stereocenters. The zero-order chi connectivity index (χ0) is 33.2. The second-order valence-corrected chi connectivity index (χ2v) is 12.2. The van der Waals surface area contributed by atoms with Crippen LogP contribution in [0, 0.1) is 0 Å². The average molecular weight is 628 g/mol. The van der Waals surface area contributed by atoms with Gasteiger partial charge in [-0.05, 0) is 102 Å². The Morgan fingerprint density at radius 3 is 2.30 bits per heavy atom. The largest absolute Gasteiger partial charge is 0.494 e. The Morgan fingerprint density at radius 2 is 1.65 bits per heavy atom. The highest BCUT2D eigenvalue weighted by atomic mass is 16.5. The van der Waals surface area contributed by atoms with Crippen molar-refractivity contribution >= 4 is 28.4 Å². The van der Waals surface area contributed by atoms with Gasteiger partial charge in [0.15, 0.2) is 0 Å². The molecule has 46 heavy (non-hydrogen) atoms. The predicted molar refractivity (Wildman–Crippen MR) is 188 cm³/mol. The second kappa shape index (κ2) is 16.4. The van der Waals surface area contributed by atoms with Crippen LogP contribution in [0.3, 0.4) is 0 Å². The Bertz CT molecular complexity index is 1630. The van der Waals surface area contributed by atoms with Crippen molar-refractivity contribution in [2.24, 2.45) is 0 Å². The fraction of sp³-hybridized carbons (Fsp3) is 0.432. The van der Waals surface area contributed by atoms with Crippen LogP contribution in [0.2, 0.25) is 0 Å². The van der Waals surface area contributed by atoms with E-state index in [2.05, 4.69) is 86.0 Å². The van der Waals surface area contributed by atoms with Gasteiger partial charge in [-0.1, -0.05) is 53.7 Å². The lowest BCUT2D eigenvalue weighted by molar-refractivity contribution is 0.249. The summed E-state index contributed by atoms with van der Waals surface area (Å²) in [5.74, 6) is 1.04. The lowest BCUT2D eigenvalue weighted by Crippen LogP contribution is -2.39. The number of aromatic nitrogens is 2. The number of rotatable bonds is 15. The zero-order valence-corrected chi connectivity index (χ0v) is 28.1. The monoisotopic (exact) mass is 627 g/mol. The first-order valence-corrected chi connectivity index (χ1v) is 16.5. The van der Waals surface area contributed by atoms with Gasteiger partial charge in [-0.15, -0.1) is 0 Å². The van der Waals surface area contributed by atoms with Crippen molar-refractivity contribution in [3.63, 3.8) is 0 Å². The van der Waals surface area contributed by atoms with Gasteiger partial charge in [-0.25, -0.2) is 9.78 Å². The minimum atomic E-state index is -0.432. The van der Waals surface area contributed by atoms with Gasteiger partial charge >= 0.3 is 6.03 Å². The molecule has 4 rings (SSSR count). The number of aliphatic hydroxyl groups excluding tert-OH is 1. The van der Waals surface area contributed by atoms with Crippen LogP contribution in [0.4, 0.5) is 16.2 Å². The molecule has 0 radical (unpaired) electrons. The summed E-state index contributed by atoms with van der Waals surface area (Å²) in [7, 11) is 0. The molecule has 4 aromatic rings. The van der Waals surface area contributed by atoms with E-state index in [1.807, 2.05) is 18.2 Å². The van der Waals surface area contributed by atoms with E-state index in [9.17, 15) is 14.7 Å². The zero-order valence-electron chi connectivity index (χ0n) is 28.1. The highest BCUT2D eigenvalue weighted by molar-refractivity contribution is 6.03. The number of aromatic amines is 1. The van der Waals surface area contributed by atoms with E-state index in [1.54, 1.807) is 18.3 Å². The summed E-state index contributed by atoms with van der Waals surface area (Å²) >= 11 is 0. The summed E-state index contributed by atoms with van der Waals surface area (Å²) in [5, 5.41) is 13.5. The number of carbonyl (C=O) groups excluding carboxylic acids is 1. The Morgan fingerprint density at radius 1 is 0.935 bits per heavy atom. The molecular formula is C37H49N5O4. The number of fused-ring (bicyclic) bond motifs is 1. The summed E-state index contributed by atoms with van der Waals surface area (Å²) in [4.78, 5) is 37.9. The van der Waals surface area contributed by atoms with Crippen molar-refractivity contribution in [1.29, 1.82) is 0 Å². The molecule has 9 heteroatoms. The van der Waals surface area contributed by atoms with Gasteiger partial charge < -0.3 is 25.0 Å². The molecule has 2 aromatic carbocycles. The molecule has 9 nitrogen and oxygen atoms in total. The molecule has 2 heterocycles. The molecule has 0 saturated heterocycles. The van der Waals surface area contributed by atoms with Crippen molar-refractivity contribution < 1.29 is 14.6 Å². The standard InChI is InChI=1S/C37H49N5O4/c1-7-41(8-2)17-12-20-46-30-15-9-13-27(21-30)29-22-31(25(3)4)34(32(23-29)26(5)6)39-37(45)42(18-11-19-43)33-24-28-14-10-16-38-35(28)40-36(33)44/h9-10,13-16,21-26,43H,7-8,11-12,17-20H2,1-6H3,(H,39,45)(H,38,40,44). The normalized spacial score (nSPS) is 11.5. The molecule has 3 N–H and O–H groups in total. The van der Waals surface area contributed by atoms with Gasteiger partial charge in [-0.3, -0.25) is 9.69 Å². The first-order chi connectivity index (χ1) is 22.2. The number of hydrogen-bond donors (Lipinski definition) is 3. The van der Waals surface area contributed by atoms with Crippen LogP contribution < -0.4 is 20.5 Å². The summed E-state index contributed by atoms with van der Waals surface area (Å²) in [6.45, 7) is 16.6. The lowest BCUT2D eigenvalue weighted by atomic mass is 9.88. The minimum absolute atomic E-state index is 0.105. The van der Waals surface area contributed by atoms with E-state index >= 15 is 0 Å². The summed E-state index contributed by atoms with van der Waals surface area (Å²) < 4.78 is 6.14. The van der Waals surface area contributed by atoms with Crippen LogP contribution in [-0.4, -0.2) is 65.4 Å². The Balaban J connectivity index is 1.66. The number of anilines is 2. The van der Waals surface area contributed by atoms with E-state index in [0.717, 1.165) is 59.7 Å². The van der Waals surface area contributed by atoms with E-state index in [4.69, 9.17) is 4.74 Å². The van der Waals surface area contributed by atoms with E-state index in [1.165, 1.54) is 4.90 Å². The fourth-order valence-electron chi connectivity index (χ4n) is 5.65. The highest BCUT2D eigenvalue weighted by Gasteiger charge is 2.24. The van der Waals surface area contributed by atoms with Gasteiger partial charge in [0, 0.05) is 37.0 Å². The topological polar surface area (TPSA) is 111 Å². The van der Waals surface area contributed by atoms with Gasteiger partial charge in [0.1, 0.15) is 17.1 Å². The number of H-pyrrole nitrogens is 1. The number of nitrogens with one attached hydrogen (secondary N) is 2. The van der Waals surface area contributed by atoms with Crippen molar-refractivity contribution in [2.75, 3.05) is 49.6 Å². The Hall–Kier alpha value is -4.21. The summed E-state index contributed by atoms with van der Waals surface area (Å²) in [5.41, 5.74) is 5.08. The quantitative estimate of drug-likeness (QED) is 0.119. The molecule has 2 aromatic heterocycles. The van der Waals surface area contributed by atoms with Gasteiger partial charge in [0.25, 0.3) is 5.56 Å². The maximum absolute atomic E-state index is 14.0. The van der Waals surface area contributed by atoms with Crippen molar-refractivity contribution in [1.82, 2.24) is 14.9 Å². The molecule has 0 aliphatic carbocycles. The summed E-state index contributed by atoms with van der Waals surface area (Å²) in [6.07, 6.45) is 2.89. The molecular weight excluding hydrogens is 578 g/mol. The molecule has 0 aliphatic rings. The highest BCUT2D eigenvalue weighted by Crippen LogP contribution is 2.38. The van der Waals surface area contributed by atoms with E-state index in [0.29, 0.717) is 24.1 Å². The van der Waals surface area contributed by atoms with Gasteiger partial charge in [0.2, 0.25) is 0 Å². The number of nitrogens with zero attached hydrogens (tertiary/aromatic N) is 3. The summed E-state index contributed by atoms with van der Waals surface area (Å²) in [6, 6.07) is 17.3. The third kappa shape index (κ3) is 8.53. The number of urea groups is 1. The lowest BCUT2D eigenvalue weighted by Gasteiger charge is -2.26. The fourth-order valence-corrected chi connectivity index (χ4v) is 5.65. The second-order valence-electron chi connectivity index (χ2n) is 12.2. The predicted octanol–water partition coefficient (Wildman–Crippen LogP) is 7.37. The maximum atomic E-state index is 14.0. The third-order valence-electron chi connectivity index (χ3n) is 8.30. The molecule has 0 spiro atoms. The van der Waals surface area contributed by atoms with Crippen LogP contribution in [0.5, 0.6) is 5.75 Å². The number of carbonyl (C=O) groups is 1. The third-order valence-corrected chi connectivity index (χ3v) is 8.30. The number of ether oxygens (including phenoxy) is 1. The molecule has 2 amide bonds. The molecule has 246 valence electrons. The van der Waals surface area contributed by atoms with Gasteiger partial charge in [-0.2, -0.15) is 0 Å². The first kappa shape index (κ1) is 34.7. The molecule has 0 aliphatic heterocycles. The van der Waals surface area contributed by atoms with Crippen molar-refractivity contribution in [3.05, 3.63) is 82.3 Å². The van der Waals surface area contributed by atoms with Crippen LogP contribution in [-0.2, 0) is 0 Å². The van der Waals surface area contributed by atoms with Crippen LogP contribution in [0.15, 0.2) is 65.6 Å². The SMILES string of the molecule is CCN(CC)CCCOc1cccc(-c2cc(C(C)C)c(NC(=O)N(CCCO)c3cc4cccnc4[nH]c3=O)c(C(C)C)c2)c1. The number of benzene rings is 2. The van der Waals surface area contributed by atoms with Crippen LogP contribution in [0.1, 0.15) is 77.3 Å². The Labute approximate surface area is 272 Å². The maximum Gasteiger partial charge on any atom is 0.326 e. The van der Waals surface area contributed by atoms with E-state index in [-0.39, 0.29) is 30.7 Å². The van der Waals surface area contributed by atoms with Crippen LogP contribution >= 0.6 is 0 Å². The number of amides is 2. The van der Waals surface area contributed by atoms with Crippen molar-refractivity contribution in [2.45, 2.75) is 66.2 Å². The first-order valence-electron chi connectivity index (χ1n) is 16.5. The average Bonchev–Trinajstić information content (AvgIpc) is 3.05. The van der Waals surface area contributed by atoms with E-state index < -0.39 is 11.6 Å². The molecule has 0 saturated carbocycles. The van der Waals surface area contributed by atoms with Crippen LogP contribution in [0.25, 0.3) is 22.2 Å². The molecule has 0 bridgehead atoms. The molecule has 0 atom stereocenters. The minimum Gasteiger partial charge on any atom is -0.494 e. The Kier molecular flexibility index (Phi) is 12.3. The molecule has 0 fully saturated rings. The number of aliphatic hydroxyl groups is 1. The van der Waals surface area contributed by atoms with Gasteiger partial charge in [0.05, 0.1) is 6.61 Å². The smallest absolute Gasteiger partial charge is 0.326 e. The van der Waals surface area contributed by atoms with Crippen molar-refractivity contribution in [3.8, 4) is 16.9 Å². The number of hydrogen-bond acceptors (Lipinski definition) is 6. The number of pyridine rings is 2.